The Morgan fingerprint density at radius 3 is 1.81 bits per heavy atom. The van der Waals surface area contributed by atoms with E-state index in [0.29, 0.717) is 0 Å². The summed E-state index contributed by atoms with van der Waals surface area (Å²) in [5.41, 5.74) is -3.65. The molecule has 4 atom stereocenters. The molecule has 9 N–H and O–H groups in total. The predicted octanol–water partition coefficient (Wildman–Crippen LogP) is -3.69. The first-order chi connectivity index (χ1) is 11.8. The average molecular weight is 384 g/mol. The first-order valence-electron chi connectivity index (χ1n) is 6.50. The van der Waals surface area contributed by atoms with Gasteiger partial charge in [0.05, 0.1) is 13.0 Å². The SMILES string of the molecule is O=C(O)C[C@@](O)(C(=O)O)[C@H](OC(=O)/C(O)=C(/O)[C@H](O)[C@@H](O)CO)C(=O)O. The summed E-state index contributed by atoms with van der Waals surface area (Å²) in [6.45, 7) is -1.12. The van der Waals surface area contributed by atoms with Crippen molar-refractivity contribution in [2.24, 2.45) is 0 Å². The Labute approximate surface area is 143 Å². The minimum absolute atomic E-state index is 1.12. The van der Waals surface area contributed by atoms with Crippen molar-refractivity contribution < 1.29 is 69.9 Å². The molecule has 0 aromatic rings. The Morgan fingerprint density at radius 2 is 1.46 bits per heavy atom. The van der Waals surface area contributed by atoms with Crippen LogP contribution in [0.15, 0.2) is 11.5 Å². The van der Waals surface area contributed by atoms with Crippen LogP contribution in [-0.2, 0) is 23.9 Å². The molecule has 0 aromatic carbocycles. The van der Waals surface area contributed by atoms with Crippen molar-refractivity contribution in [3.63, 3.8) is 0 Å². The molecule has 0 amide bonds. The lowest BCUT2D eigenvalue weighted by atomic mass is 9.92. The number of aliphatic carboxylic acids is 3. The molecule has 0 radical (unpaired) electrons. The van der Waals surface area contributed by atoms with Crippen LogP contribution in [0.4, 0.5) is 0 Å². The van der Waals surface area contributed by atoms with E-state index >= 15 is 0 Å². The van der Waals surface area contributed by atoms with Crippen molar-refractivity contribution in [3.05, 3.63) is 11.5 Å². The fraction of sp³-hybridized carbons (Fsp3) is 0.500. The van der Waals surface area contributed by atoms with Crippen molar-refractivity contribution >= 4 is 23.9 Å². The molecule has 0 aliphatic rings. The highest BCUT2D eigenvalue weighted by Crippen LogP contribution is 2.22. The number of carbonyl (C=O) groups is 4. The van der Waals surface area contributed by atoms with Crippen molar-refractivity contribution in [2.45, 2.75) is 30.3 Å². The molecule has 0 spiro atoms. The van der Waals surface area contributed by atoms with Gasteiger partial charge >= 0.3 is 23.9 Å². The zero-order chi connectivity index (χ0) is 20.8. The molecule has 0 bridgehead atoms. The van der Waals surface area contributed by atoms with E-state index in [1.165, 1.54) is 0 Å². The Hall–Kier alpha value is -2.94. The lowest BCUT2D eigenvalue weighted by Crippen LogP contribution is -2.56. The van der Waals surface area contributed by atoms with Gasteiger partial charge in [-0.05, 0) is 0 Å². The first-order valence-corrected chi connectivity index (χ1v) is 6.50. The van der Waals surface area contributed by atoms with E-state index in [9.17, 15) is 39.6 Å². The Bertz CT molecular complexity index is 609. The largest absolute Gasteiger partial charge is 0.506 e. The molecule has 14 heteroatoms. The summed E-state index contributed by atoms with van der Waals surface area (Å²) in [5, 5.41) is 81.8. The molecule has 148 valence electrons. The lowest BCUT2D eigenvalue weighted by Gasteiger charge is -2.27. The predicted molar refractivity (Wildman–Crippen MR) is 73.7 cm³/mol. The molecule has 0 heterocycles. The van der Waals surface area contributed by atoms with Crippen LogP contribution in [0.5, 0.6) is 0 Å². The van der Waals surface area contributed by atoms with Crippen LogP contribution in [0.3, 0.4) is 0 Å². The molecule has 0 aliphatic carbocycles. The molecule has 0 saturated heterocycles. The number of esters is 1. The van der Waals surface area contributed by atoms with Gasteiger partial charge in [-0.3, -0.25) is 4.79 Å². The van der Waals surface area contributed by atoms with E-state index in [2.05, 4.69) is 4.74 Å². The van der Waals surface area contributed by atoms with Crippen molar-refractivity contribution in [3.8, 4) is 0 Å². The van der Waals surface area contributed by atoms with Crippen LogP contribution in [0.2, 0.25) is 0 Å². The second-order valence-electron chi connectivity index (χ2n) is 4.85. The topological polar surface area (TPSA) is 260 Å². The van der Waals surface area contributed by atoms with Crippen LogP contribution >= 0.6 is 0 Å². The minimum Gasteiger partial charge on any atom is -0.506 e. The maximum absolute atomic E-state index is 11.6. The number of carboxylic acid groups (broad SMARTS) is 3. The fourth-order valence-corrected chi connectivity index (χ4v) is 1.55. The average Bonchev–Trinajstić information content (AvgIpc) is 2.55. The number of carboxylic acids is 3. The molecule has 0 saturated carbocycles. The standard InChI is InChI=1S/C12H16O14/c13-2-3(14)5(17)6(18)7(19)10(22)26-8(9(20)21)12(25,11(23)24)1-4(15)16/h3,5,8,13-14,17-19,25H,1-2H2,(H,15,16)(H,20,21)(H,23,24)/b7-6-/t3-,5+,8+,12-/m0/s1. The van der Waals surface area contributed by atoms with Gasteiger partial charge in [0.15, 0.2) is 5.76 Å². The first kappa shape index (κ1) is 23.1. The summed E-state index contributed by atoms with van der Waals surface area (Å²) < 4.78 is 4.03. The molecule has 0 aliphatic heterocycles. The number of ether oxygens (including phenoxy) is 1. The van der Waals surface area contributed by atoms with Gasteiger partial charge in [0.2, 0.25) is 17.5 Å². The van der Waals surface area contributed by atoms with E-state index in [-0.39, 0.29) is 0 Å². The quantitative estimate of drug-likeness (QED) is 0.0997. The molecule has 0 fully saturated rings. The van der Waals surface area contributed by atoms with E-state index in [1.54, 1.807) is 0 Å². The van der Waals surface area contributed by atoms with Gasteiger partial charge in [-0.15, -0.1) is 0 Å². The maximum atomic E-state index is 11.6. The third-order valence-electron chi connectivity index (χ3n) is 2.94. The highest BCUT2D eigenvalue weighted by atomic mass is 16.6. The summed E-state index contributed by atoms with van der Waals surface area (Å²) in [4.78, 5) is 44.3. The molecule has 26 heavy (non-hydrogen) atoms. The van der Waals surface area contributed by atoms with E-state index in [1.807, 2.05) is 0 Å². The zero-order valence-corrected chi connectivity index (χ0v) is 12.7. The van der Waals surface area contributed by atoms with Crippen molar-refractivity contribution in [1.29, 1.82) is 0 Å². The highest BCUT2D eigenvalue weighted by molar-refractivity contribution is 5.94. The van der Waals surface area contributed by atoms with Gasteiger partial charge in [-0.1, -0.05) is 0 Å². The van der Waals surface area contributed by atoms with Crippen LogP contribution in [-0.4, -0.2) is 100 Å². The van der Waals surface area contributed by atoms with E-state index in [0.717, 1.165) is 0 Å². The van der Waals surface area contributed by atoms with Gasteiger partial charge in [-0.2, -0.15) is 0 Å². The summed E-state index contributed by atoms with van der Waals surface area (Å²) in [7, 11) is 0. The molecule has 14 nitrogen and oxygen atoms in total. The number of aliphatic hydroxyl groups is 6. The molecule has 0 rings (SSSR count). The Morgan fingerprint density at radius 1 is 0.962 bits per heavy atom. The van der Waals surface area contributed by atoms with Crippen LogP contribution in [0.25, 0.3) is 0 Å². The maximum Gasteiger partial charge on any atom is 0.378 e. The third-order valence-corrected chi connectivity index (χ3v) is 2.94. The number of rotatable bonds is 10. The van der Waals surface area contributed by atoms with Crippen LogP contribution in [0, 0.1) is 0 Å². The molecular formula is C12H16O14. The summed E-state index contributed by atoms with van der Waals surface area (Å²) >= 11 is 0. The number of aliphatic hydroxyl groups excluding tert-OH is 5. The van der Waals surface area contributed by atoms with Gasteiger partial charge in [0.1, 0.15) is 12.2 Å². The van der Waals surface area contributed by atoms with Gasteiger partial charge < -0.3 is 50.7 Å². The van der Waals surface area contributed by atoms with Crippen molar-refractivity contribution in [2.75, 3.05) is 6.61 Å². The minimum atomic E-state index is -3.65. The summed E-state index contributed by atoms with van der Waals surface area (Å²) in [5.74, 6) is -12.4. The third kappa shape index (κ3) is 5.28. The number of hydrogen-bond donors (Lipinski definition) is 9. The number of hydrogen-bond acceptors (Lipinski definition) is 11. The normalized spacial score (nSPS) is 17.8. The van der Waals surface area contributed by atoms with E-state index < -0.39 is 72.3 Å². The van der Waals surface area contributed by atoms with E-state index in [4.69, 9.17) is 25.5 Å². The number of carbonyl (C=O) groups excluding carboxylic acids is 1. The molecular weight excluding hydrogens is 368 g/mol. The second-order valence-corrected chi connectivity index (χ2v) is 4.85. The lowest BCUT2D eigenvalue weighted by molar-refractivity contribution is -0.197. The smallest absolute Gasteiger partial charge is 0.378 e. The Kier molecular flexibility index (Phi) is 7.94. The second kappa shape index (κ2) is 8.95. The summed E-state index contributed by atoms with van der Waals surface area (Å²) in [6.07, 6.45) is -9.23. The van der Waals surface area contributed by atoms with Crippen LogP contribution in [0.1, 0.15) is 6.42 Å². The fourth-order valence-electron chi connectivity index (χ4n) is 1.55. The monoisotopic (exact) mass is 384 g/mol. The summed E-state index contributed by atoms with van der Waals surface area (Å²) in [6, 6.07) is 0. The molecule has 0 unspecified atom stereocenters. The zero-order valence-electron chi connectivity index (χ0n) is 12.7. The van der Waals surface area contributed by atoms with Crippen molar-refractivity contribution in [1.82, 2.24) is 0 Å². The Balaban J connectivity index is 5.76. The highest BCUT2D eigenvalue weighted by Gasteiger charge is 2.53. The van der Waals surface area contributed by atoms with Gasteiger partial charge in [0, 0.05) is 0 Å². The van der Waals surface area contributed by atoms with Gasteiger partial charge in [0.25, 0.3) is 0 Å². The van der Waals surface area contributed by atoms with Crippen LogP contribution < -0.4 is 0 Å². The molecule has 0 aromatic heterocycles. The van der Waals surface area contributed by atoms with Gasteiger partial charge in [-0.25, -0.2) is 14.4 Å².